The first-order valence-electron chi connectivity index (χ1n) is 8.37. The van der Waals surface area contributed by atoms with Crippen molar-refractivity contribution in [2.24, 2.45) is 0 Å². The van der Waals surface area contributed by atoms with E-state index < -0.39 is 34.1 Å². The lowest BCUT2D eigenvalue weighted by atomic mass is 10.2. The van der Waals surface area contributed by atoms with Crippen LogP contribution in [0, 0.1) is 0 Å². The average molecular weight is 404 g/mol. The Bertz CT molecular complexity index is 940. The molecule has 28 heavy (non-hydrogen) atoms. The topological polar surface area (TPSA) is 119 Å². The fourth-order valence-electron chi connectivity index (χ4n) is 2.23. The zero-order chi connectivity index (χ0) is 20.6. The molecule has 8 nitrogen and oxygen atoms in total. The van der Waals surface area contributed by atoms with Gasteiger partial charge in [-0.15, -0.1) is 0 Å². The smallest absolute Gasteiger partial charge is 0.307 e. The van der Waals surface area contributed by atoms with Gasteiger partial charge in [-0.1, -0.05) is 18.2 Å². The van der Waals surface area contributed by atoms with Gasteiger partial charge in [0.2, 0.25) is 0 Å². The second-order valence-corrected chi connectivity index (χ2v) is 7.86. The Balaban J connectivity index is 1.78. The fourth-order valence-corrected chi connectivity index (χ4v) is 3.47. The van der Waals surface area contributed by atoms with Gasteiger partial charge in [0.25, 0.3) is 11.8 Å². The van der Waals surface area contributed by atoms with E-state index in [1.165, 1.54) is 43.4 Å². The third kappa shape index (κ3) is 6.20. The Kier molecular flexibility index (Phi) is 7.28. The summed E-state index contributed by atoms with van der Waals surface area (Å²) < 4.78 is 29.0. The number of hydrogen-bond donors (Lipinski definition) is 2. The van der Waals surface area contributed by atoms with Crippen LogP contribution >= 0.6 is 0 Å². The monoisotopic (exact) mass is 404 g/mol. The van der Waals surface area contributed by atoms with Crippen LogP contribution in [0.3, 0.4) is 0 Å². The van der Waals surface area contributed by atoms with Crippen molar-refractivity contribution < 1.29 is 27.5 Å². The maximum Gasteiger partial charge on any atom is 0.307 e. The molecule has 0 radical (unpaired) electrons. The first-order valence-corrected chi connectivity index (χ1v) is 10.0. The summed E-state index contributed by atoms with van der Waals surface area (Å²) in [5.41, 5.74) is 0.868. The van der Waals surface area contributed by atoms with Crippen molar-refractivity contribution in [1.82, 2.24) is 5.32 Å². The number of nitrogens with one attached hydrogen (secondary N) is 2. The van der Waals surface area contributed by atoms with E-state index in [2.05, 4.69) is 10.6 Å². The van der Waals surface area contributed by atoms with E-state index in [0.717, 1.165) is 0 Å². The lowest BCUT2D eigenvalue weighted by molar-refractivity contribution is -0.146. The second kappa shape index (κ2) is 9.65. The summed E-state index contributed by atoms with van der Waals surface area (Å²) in [5.74, 6) is -2.02. The van der Waals surface area contributed by atoms with Crippen LogP contribution in [0.25, 0.3) is 0 Å². The number of rotatable bonds is 8. The first kappa shape index (κ1) is 21.1. The number of carbonyl (C=O) groups excluding carboxylic acids is 3. The molecule has 0 atom stereocenters. The van der Waals surface area contributed by atoms with Crippen molar-refractivity contribution in [2.45, 2.75) is 11.3 Å². The Hall–Kier alpha value is -3.20. The maximum atomic E-state index is 12.1. The van der Waals surface area contributed by atoms with Gasteiger partial charge < -0.3 is 15.4 Å². The standard InChI is InChI=1S/C19H20N2O6S/c1-20-19(24)14-7-9-15(10-8-14)21-17(22)13-27-18(23)11-12-28(25,26)16-5-3-2-4-6-16/h2-10H,11-13H2,1H3,(H,20,24)(H,21,22). The summed E-state index contributed by atoms with van der Waals surface area (Å²) in [6.45, 7) is -0.540. The molecule has 0 aliphatic rings. The number of benzene rings is 2. The summed E-state index contributed by atoms with van der Waals surface area (Å²) in [6.07, 6.45) is -0.356. The molecule has 0 saturated carbocycles. The van der Waals surface area contributed by atoms with Crippen molar-refractivity contribution in [3.63, 3.8) is 0 Å². The predicted molar refractivity (Wildman–Crippen MR) is 103 cm³/mol. The molecule has 148 valence electrons. The van der Waals surface area contributed by atoms with Crippen LogP contribution in [0.2, 0.25) is 0 Å². The Labute approximate surface area is 162 Å². The van der Waals surface area contributed by atoms with E-state index in [1.54, 1.807) is 18.2 Å². The quantitative estimate of drug-likeness (QED) is 0.642. The summed E-state index contributed by atoms with van der Waals surface area (Å²) in [4.78, 5) is 35.1. The molecule has 0 bridgehead atoms. The van der Waals surface area contributed by atoms with Gasteiger partial charge in [0, 0.05) is 18.3 Å². The van der Waals surface area contributed by atoms with Crippen molar-refractivity contribution in [3.05, 3.63) is 60.2 Å². The van der Waals surface area contributed by atoms with Crippen LogP contribution in [-0.2, 0) is 24.2 Å². The van der Waals surface area contributed by atoms with E-state index in [4.69, 9.17) is 4.74 Å². The number of hydrogen-bond acceptors (Lipinski definition) is 6. The molecule has 0 unspecified atom stereocenters. The number of anilines is 1. The van der Waals surface area contributed by atoms with Crippen LogP contribution in [0.4, 0.5) is 5.69 Å². The lowest BCUT2D eigenvalue weighted by Crippen LogP contribution is -2.22. The van der Waals surface area contributed by atoms with Crippen molar-refractivity contribution in [1.29, 1.82) is 0 Å². The molecule has 0 aromatic heterocycles. The molecule has 2 rings (SSSR count). The molecular formula is C19H20N2O6S. The van der Waals surface area contributed by atoms with Crippen molar-refractivity contribution in [3.8, 4) is 0 Å². The number of sulfone groups is 1. The predicted octanol–water partition coefficient (Wildman–Crippen LogP) is 1.39. The highest BCUT2D eigenvalue weighted by molar-refractivity contribution is 7.91. The lowest BCUT2D eigenvalue weighted by Gasteiger charge is -2.08. The zero-order valence-corrected chi connectivity index (χ0v) is 16.0. The van der Waals surface area contributed by atoms with E-state index in [9.17, 15) is 22.8 Å². The minimum Gasteiger partial charge on any atom is -0.456 e. The van der Waals surface area contributed by atoms with E-state index >= 15 is 0 Å². The van der Waals surface area contributed by atoms with Crippen molar-refractivity contribution in [2.75, 3.05) is 24.7 Å². The van der Waals surface area contributed by atoms with Gasteiger partial charge in [-0.3, -0.25) is 14.4 Å². The van der Waals surface area contributed by atoms with Gasteiger partial charge in [0.1, 0.15) is 0 Å². The van der Waals surface area contributed by atoms with Crippen LogP contribution in [-0.4, -0.2) is 45.6 Å². The molecule has 0 aliphatic heterocycles. The highest BCUT2D eigenvalue weighted by Crippen LogP contribution is 2.12. The van der Waals surface area contributed by atoms with Gasteiger partial charge in [0.15, 0.2) is 16.4 Å². The first-order chi connectivity index (χ1) is 13.3. The normalized spacial score (nSPS) is 10.8. The minimum absolute atomic E-state index is 0.126. The minimum atomic E-state index is -3.59. The second-order valence-electron chi connectivity index (χ2n) is 5.75. The molecule has 0 saturated heterocycles. The third-order valence-electron chi connectivity index (χ3n) is 3.70. The Morgan fingerprint density at radius 2 is 1.61 bits per heavy atom. The van der Waals surface area contributed by atoms with Crippen LogP contribution in [0.15, 0.2) is 59.5 Å². The summed E-state index contributed by atoms with van der Waals surface area (Å²) in [5, 5.41) is 4.99. The molecule has 2 N–H and O–H groups in total. The van der Waals surface area contributed by atoms with Gasteiger partial charge in [-0.2, -0.15) is 0 Å². The Morgan fingerprint density at radius 1 is 0.964 bits per heavy atom. The molecule has 2 amide bonds. The molecule has 2 aromatic rings. The highest BCUT2D eigenvalue weighted by atomic mass is 32.2. The van der Waals surface area contributed by atoms with Gasteiger partial charge in [-0.05, 0) is 36.4 Å². The van der Waals surface area contributed by atoms with Crippen LogP contribution in [0.5, 0.6) is 0 Å². The van der Waals surface area contributed by atoms with Gasteiger partial charge in [0.05, 0.1) is 17.1 Å². The van der Waals surface area contributed by atoms with E-state index in [1.807, 2.05) is 0 Å². The average Bonchev–Trinajstić information content (AvgIpc) is 2.71. The third-order valence-corrected chi connectivity index (χ3v) is 5.43. The number of amides is 2. The SMILES string of the molecule is CNC(=O)c1ccc(NC(=O)COC(=O)CCS(=O)(=O)c2ccccc2)cc1. The highest BCUT2D eigenvalue weighted by Gasteiger charge is 2.17. The molecule has 0 heterocycles. The summed E-state index contributed by atoms with van der Waals surface area (Å²) in [6, 6.07) is 13.9. The number of carbonyl (C=O) groups is 3. The van der Waals surface area contributed by atoms with Crippen LogP contribution in [0.1, 0.15) is 16.8 Å². The van der Waals surface area contributed by atoms with Gasteiger partial charge in [-0.25, -0.2) is 8.42 Å². The number of ether oxygens (including phenoxy) is 1. The van der Waals surface area contributed by atoms with Crippen LogP contribution < -0.4 is 10.6 Å². The van der Waals surface area contributed by atoms with E-state index in [0.29, 0.717) is 11.3 Å². The largest absolute Gasteiger partial charge is 0.456 e. The van der Waals surface area contributed by atoms with Crippen molar-refractivity contribution >= 4 is 33.3 Å². The molecule has 0 aliphatic carbocycles. The van der Waals surface area contributed by atoms with Gasteiger partial charge >= 0.3 is 5.97 Å². The fraction of sp³-hybridized carbons (Fsp3) is 0.211. The molecule has 9 heteroatoms. The summed E-state index contributed by atoms with van der Waals surface area (Å²) >= 11 is 0. The van der Waals surface area contributed by atoms with E-state index in [-0.39, 0.29) is 17.2 Å². The molecular weight excluding hydrogens is 384 g/mol. The molecule has 2 aromatic carbocycles. The Morgan fingerprint density at radius 3 is 2.21 bits per heavy atom. The molecule has 0 fully saturated rings. The number of esters is 1. The summed E-state index contributed by atoms with van der Waals surface area (Å²) in [7, 11) is -2.08. The maximum absolute atomic E-state index is 12.1. The zero-order valence-electron chi connectivity index (χ0n) is 15.2. The molecule has 0 spiro atoms.